The van der Waals surface area contributed by atoms with Gasteiger partial charge in [-0.25, -0.2) is 0 Å². The fourth-order valence-corrected chi connectivity index (χ4v) is 3.14. The molecule has 1 unspecified atom stereocenters. The predicted octanol–water partition coefficient (Wildman–Crippen LogP) is 1.99. The Morgan fingerprint density at radius 3 is 2.48 bits per heavy atom. The minimum absolute atomic E-state index is 0.831. The summed E-state index contributed by atoms with van der Waals surface area (Å²) in [6, 6.07) is 19.4. The van der Waals surface area contributed by atoms with Crippen molar-refractivity contribution in [2.45, 2.75) is 19.8 Å². The topological polar surface area (TPSA) is 19.7 Å². The van der Waals surface area contributed by atoms with Gasteiger partial charge in [0.25, 0.3) is 0 Å². The molecule has 3 nitrogen and oxygen atoms in total. The Bertz CT molecular complexity index is 639. The first-order chi connectivity index (χ1) is 11.3. The number of quaternary nitrogens is 1. The highest BCUT2D eigenvalue weighted by Crippen LogP contribution is 2.15. The van der Waals surface area contributed by atoms with Gasteiger partial charge in [-0.05, 0) is 41.9 Å². The molecular formula is C19H24N3S+. The predicted molar refractivity (Wildman–Crippen MR) is 99.7 cm³/mol. The number of rotatable bonds is 5. The maximum Gasteiger partial charge on any atom is 0.182 e. The van der Waals surface area contributed by atoms with E-state index in [-0.39, 0.29) is 0 Å². The van der Waals surface area contributed by atoms with Crippen LogP contribution in [0.25, 0.3) is 0 Å². The number of nitrogens with zero attached hydrogens (tertiary/aromatic N) is 1. The molecule has 0 spiro atoms. The maximum atomic E-state index is 5.50. The molecule has 0 aromatic heterocycles. The lowest BCUT2D eigenvalue weighted by molar-refractivity contribution is -0.902. The second-order valence-electron chi connectivity index (χ2n) is 6.00. The molecule has 1 aliphatic rings. The van der Waals surface area contributed by atoms with Crippen molar-refractivity contribution in [3.63, 3.8) is 0 Å². The Morgan fingerprint density at radius 2 is 1.78 bits per heavy atom. The molecule has 1 saturated heterocycles. The molecule has 0 saturated carbocycles. The first-order valence-electron chi connectivity index (χ1n) is 8.28. The van der Waals surface area contributed by atoms with E-state index in [1.54, 1.807) is 0 Å². The molecule has 2 aromatic rings. The van der Waals surface area contributed by atoms with Gasteiger partial charge in [0.05, 0.1) is 6.54 Å². The highest BCUT2D eigenvalue weighted by molar-refractivity contribution is 7.80. The fourth-order valence-electron chi connectivity index (χ4n) is 2.90. The standard InChI is InChI=1S/C19H23N3S/c1-2-16-8-10-18(11-9-16)22-15-21(14-20-19(22)23)13-12-17-6-4-3-5-7-17/h3-11H,2,12-15H2,1H3,(H,20,23)/p+1. The second-order valence-corrected chi connectivity index (χ2v) is 6.39. The SMILES string of the molecule is CCc1ccc(N2C[NH+](CCc3ccccc3)CNC2=S)cc1. The van der Waals surface area contributed by atoms with Crippen molar-refractivity contribution < 1.29 is 4.90 Å². The number of thiocarbonyl (C=S) groups is 1. The molecule has 1 fully saturated rings. The van der Waals surface area contributed by atoms with Crippen LogP contribution in [0.15, 0.2) is 54.6 Å². The minimum atomic E-state index is 0.831. The summed E-state index contributed by atoms with van der Waals surface area (Å²) < 4.78 is 0. The third-order valence-electron chi connectivity index (χ3n) is 4.38. The smallest absolute Gasteiger partial charge is 0.182 e. The Morgan fingerprint density at radius 1 is 1.04 bits per heavy atom. The first kappa shape index (κ1) is 16.0. The van der Waals surface area contributed by atoms with Crippen molar-refractivity contribution in [2.24, 2.45) is 0 Å². The fraction of sp³-hybridized carbons (Fsp3) is 0.316. The van der Waals surface area contributed by atoms with Crippen LogP contribution in [0.2, 0.25) is 0 Å². The van der Waals surface area contributed by atoms with E-state index < -0.39 is 0 Å². The van der Waals surface area contributed by atoms with E-state index in [0.717, 1.165) is 37.8 Å². The van der Waals surface area contributed by atoms with Crippen LogP contribution >= 0.6 is 12.2 Å². The molecule has 2 aromatic carbocycles. The summed E-state index contributed by atoms with van der Waals surface area (Å²) >= 11 is 5.50. The van der Waals surface area contributed by atoms with Crippen molar-refractivity contribution in [3.05, 3.63) is 65.7 Å². The molecule has 1 aliphatic heterocycles. The van der Waals surface area contributed by atoms with Gasteiger partial charge in [0.2, 0.25) is 0 Å². The third kappa shape index (κ3) is 4.09. The molecule has 0 bridgehead atoms. The zero-order chi connectivity index (χ0) is 16.1. The Labute approximate surface area is 143 Å². The van der Waals surface area contributed by atoms with Crippen LogP contribution in [0.5, 0.6) is 0 Å². The van der Waals surface area contributed by atoms with Crippen LogP contribution in [-0.2, 0) is 12.8 Å². The quantitative estimate of drug-likeness (QED) is 0.820. The lowest BCUT2D eigenvalue weighted by Crippen LogP contribution is -3.17. The molecule has 23 heavy (non-hydrogen) atoms. The largest absolute Gasteiger partial charge is 0.315 e. The van der Waals surface area contributed by atoms with Gasteiger partial charge in [0.1, 0.15) is 0 Å². The lowest BCUT2D eigenvalue weighted by atomic mass is 10.1. The van der Waals surface area contributed by atoms with E-state index in [9.17, 15) is 0 Å². The number of aryl methyl sites for hydroxylation is 1. The van der Waals surface area contributed by atoms with Gasteiger partial charge in [-0.2, -0.15) is 0 Å². The molecule has 1 heterocycles. The van der Waals surface area contributed by atoms with Crippen molar-refractivity contribution in [3.8, 4) is 0 Å². The molecule has 1 atom stereocenters. The monoisotopic (exact) mass is 326 g/mol. The van der Waals surface area contributed by atoms with Gasteiger partial charge in [0, 0.05) is 12.1 Å². The van der Waals surface area contributed by atoms with Gasteiger partial charge in [0.15, 0.2) is 18.4 Å². The van der Waals surface area contributed by atoms with E-state index >= 15 is 0 Å². The van der Waals surface area contributed by atoms with Gasteiger partial charge < -0.3 is 10.2 Å². The maximum absolute atomic E-state index is 5.50. The van der Waals surface area contributed by atoms with E-state index in [2.05, 4.69) is 71.7 Å². The minimum Gasteiger partial charge on any atom is -0.315 e. The van der Waals surface area contributed by atoms with E-state index in [4.69, 9.17) is 12.2 Å². The second kappa shape index (κ2) is 7.57. The van der Waals surface area contributed by atoms with E-state index in [1.165, 1.54) is 21.7 Å². The average molecular weight is 326 g/mol. The van der Waals surface area contributed by atoms with Crippen LogP contribution in [0, 0.1) is 0 Å². The number of benzene rings is 2. The molecule has 3 rings (SSSR count). The summed E-state index contributed by atoms with van der Waals surface area (Å²) in [5.41, 5.74) is 3.93. The molecule has 120 valence electrons. The van der Waals surface area contributed by atoms with Gasteiger partial charge in [-0.1, -0.05) is 49.4 Å². The number of nitrogens with one attached hydrogen (secondary N) is 2. The van der Waals surface area contributed by atoms with Crippen LogP contribution in [0.3, 0.4) is 0 Å². The summed E-state index contributed by atoms with van der Waals surface area (Å²) in [7, 11) is 0. The van der Waals surface area contributed by atoms with Crippen LogP contribution in [0.1, 0.15) is 18.1 Å². The summed E-state index contributed by atoms with van der Waals surface area (Å²) in [6.45, 7) is 5.10. The van der Waals surface area contributed by atoms with Crippen molar-refractivity contribution >= 4 is 23.0 Å². The van der Waals surface area contributed by atoms with Gasteiger partial charge in [-0.15, -0.1) is 0 Å². The molecule has 0 radical (unpaired) electrons. The van der Waals surface area contributed by atoms with Crippen molar-refractivity contribution in [1.82, 2.24) is 5.32 Å². The Kier molecular flexibility index (Phi) is 5.26. The zero-order valence-electron chi connectivity index (χ0n) is 13.6. The zero-order valence-corrected chi connectivity index (χ0v) is 14.4. The lowest BCUT2D eigenvalue weighted by Gasteiger charge is -2.35. The van der Waals surface area contributed by atoms with Gasteiger partial charge >= 0.3 is 0 Å². The van der Waals surface area contributed by atoms with E-state index in [0.29, 0.717) is 0 Å². The molecule has 4 heteroatoms. The van der Waals surface area contributed by atoms with Crippen LogP contribution in [0.4, 0.5) is 5.69 Å². The van der Waals surface area contributed by atoms with Gasteiger partial charge in [-0.3, -0.25) is 4.90 Å². The number of hydrogen-bond donors (Lipinski definition) is 2. The molecule has 2 N–H and O–H groups in total. The number of anilines is 1. The normalized spacial score (nSPS) is 17.9. The van der Waals surface area contributed by atoms with Crippen molar-refractivity contribution in [1.29, 1.82) is 0 Å². The van der Waals surface area contributed by atoms with E-state index in [1.807, 2.05) is 0 Å². The average Bonchev–Trinajstić information content (AvgIpc) is 2.62. The summed E-state index contributed by atoms with van der Waals surface area (Å²) in [5, 5.41) is 4.20. The summed E-state index contributed by atoms with van der Waals surface area (Å²) in [5.74, 6) is 0. The highest BCUT2D eigenvalue weighted by Gasteiger charge is 2.24. The van der Waals surface area contributed by atoms with Crippen molar-refractivity contribution in [2.75, 3.05) is 24.8 Å². The summed E-state index contributed by atoms with van der Waals surface area (Å²) in [6.07, 6.45) is 2.16. The third-order valence-corrected chi connectivity index (χ3v) is 4.75. The molecule has 0 amide bonds. The van der Waals surface area contributed by atoms with Crippen LogP contribution < -0.4 is 15.1 Å². The first-order valence-corrected chi connectivity index (χ1v) is 8.69. The highest BCUT2D eigenvalue weighted by atomic mass is 32.1. The summed E-state index contributed by atoms with van der Waals surface area (Å²) in [4.78, 5) is 3.71. The Hall–Kier alpha value is -1.91. The number of hydrogen-bond acceptors (Lipinski definition) is 1. The molecule has 0 aliphatic carbocycles. The Balaban J connectivity index is 1.63. The van der Waals surface area contributed by atoms with Crippen LogP contribution in [-0.4, -0.2) is 25.0 Å². The molecular weight excluding hydrogens is 302 g/mol.